The van der Waals surface area contributed by atoms with E-state index in [1.54, 1.807) is 23.1 Å². The van der Waals surface area contributed by atoms with Gasteiger partial charge in [0.2, 0.25) is 21.8 Å². The summed E-state index contributed by atoms with van der Waals surface area (Å²) < 4.78 is 32.5. The highest BCUT2D eigenvalue weighted by molar-refractivity contribution is 7.89. The number of carbonyl (C=O) groups excluding carboxylic acids is 2. The molecule has 0 aliphatic carbocycles. The summed E-state index contributed by atoms with van der Waals surface area (Å²) >= 11 is 0. The van der Waals surface area contributed by atoms with Crippen LogP contribution in [0.5, 0.6) is 5.75 Å². The van der Waals surface area contributed by atoms with E-state index in [2.05, 4.69) is 0 Å². The Hall–Kier alpha value is -2.17. The molecule has 27 heavy (non-hydrogen) atoms. The number of hydrazine groups is 1. The summed E-state index contributed by atoms with van der Waals surface area (Å²) in [5.74, 6) is 4.90. The minimum Gasteiger partial charge on any atom is -0.495 e. The SMILES string of the molecule is COc1ccc(C)cc1S(=O)(=O)N1CCN(C(=O)CCCC(=O)NN)CC1. The lowest BCUT2D eigenvalue weighted by atomic mass is 10.2. The molecule has 1 fully saturated rings. The van der Waals surface area contributed by atoms with E-state index in [0.717, 1.165) is 5.56 Å². The number of nitrogens with zero attached hydrogens (tertiary/aromatic N) is 2. The Labute approximate surface area is 159 Å². The Morgan fingerprint density at radius 2 is 1.85 bits per heavy atom. The van der Waals surface area contributed by atoms with Crippen LogP contribution in [0.15, 0.2) is 23.1 Å². The molecule has 1 heterocycles. The van der Waals surface area contributed by atoms with Crippen molar-refractivity contribution in [2.24, 2.45) is 5.84 Å². The van der Waals surface area contributed by atoms with E-state index in [9.17, 15) is 18.0 Å². The molecule has 1 saturated heterocycles. The van der Waals surface area contributed by atoms with E-state index < -0.39 is 10.0 Å². The maximum Gasteiger partial charge on any atom is 0.246 e. The maximum atomic E-state index is 13.0. The molecule has 3 N–H and O–H groups in total. The van der Waals surface area contributed by atoms with E-state index in [4.69, 9.17) is 10.6 Å². The third-order valence-electron chi connectivity index (χ3n) is 4.48. The van der Waals surface area contributed by atoms with Crippen molar-refractivity contribution in [3.8, 4) is 5.75 Å². The Balaban J connectivity index is 1.97. The fourth-order valence-corrected chi connectivity index (χ4v) is 4.60. The number of amides is 2. The van der Waals surface area contributed by atoms with Gasteiger partial charge in [-0.05, 0) is 31.0 Å². The van der Waals surface area contributed by atoms with E-state index >= 15 is 0 Å². The number of nitrogens with two attached hydrogens (primary N) is 1. The molecule has 0 unspecified atom stereocenters. The van der Waals surface area contributed by atoms with Crippen molar-refractivity contribution < 1.29 is 22.7 Å². The van der Waals surface area contributed by atoms with E-state index in [0.29, 0.717) is 25.3 Å². The fraction of sp³-hybridized carbons (Fsp3) is 0.529. The first-order valence-corrected chi connectivity index (χ1v) is 10.2. The van der Waals surface area contributed by atoms with Crippen molar-refractivity contribution in [2.45, 2.75) is 31.1 Å². The van der Waals surface area contributed by atoms with Crippen LogP contribution in [0.2, 0.25) is 0 Å². The molecule has 1 aromatic rings. The number of hydrogen-bond donors (Lipinski definition) is 2. The smallest absolute Gasteiger partial charge is 0.246 e. The third kappa shape index (κ3) is 5.18. The number of carbonyl (C=O) groups is 2. The molecule has 150 valence electrons. The first kappa shape index (κ1) is 21.1. The van der Waals surface area contributed by atoms with Gasteiger partial charge in [-0.15, -0.1) is 0 Å². The molecule has 0 spiro atoms. The molecule has 0 bridgehead atoms. The van der Waals surface area contributed by atoms with E-state index in [1.807, 2.05) is 12.3 Å². The van der Waals surface area contributed by atoms with Crippen LogP contribution in [0.4, 0.5) is 0 Å². The van der Waals surface area contributed by atoms with Crippen molar-refractivity contribution in [3.05, 3.63) is 23.8 Å². The predicted octanol–water partition coefficient (Wildman–Crippen LogP) is -0.00328. The summed E-state index contributed by atoms with van der Waals surface area (Å²) in [6, 6.07) is 5.02. The van der Waals surface area contributed by atoms with Gasteiger partial charge in [0.1, 0.15) is 10.6 Å². The standard InChI is InChI=1S/C17H26N4O5S/c1-13-6-7-14(26-2)15(12-13)27(24,25)21-10-8-20(9-11-21)17(23)5-3-4-16(22)19-18/h6-7,12H,3-5,8-11,18H2,1-2H3,(H,19,22). The third-order valence-corrected chi connectivity index (χ3v) is 6.40. The monoisotopic (exact) mass is 398 g/mol. The van der Waals surface area contributed by atoms with Crippen LogP contribution in [0.1, 0.15) is 24.8 Å². The summed E-state index contributed by atoms with van der Waals surface area (Å²) in [5, 5.41) is 0. The second kappa shape index (κ2) is 9.16. The quantitative estimate of drug-likeness (QED) is 0.379. The second-order valence-electron chi connectivity index (χ2n) is 6.36. The first-order valence-electron chi connectivity index (χ1n) is 8.71. The number of aryl methyl sites for hydroxylation is 1. The van der Waals surface area contributed by atoms with Crippen LogP contribution in [0.3, 0.4) is 0 Å². The molecular weight excluding hydrogens is 372 g/mol. The van der Waals surface area contributed by atoms with Gasteiger partial charge in [0.15, 0.2) is 0 Å². The predicted molar refractivity (Wildman–Crippen MR) is 99.3 cm³/mol. The lowest BCUT2D eigenvalue weighted by Crippen LogP contribution is -2.50. The van der Waals surface area contributed by atoms with Gasteiger partial charge in [-0.2, -0.15) is 4.31 Å². The summed E-state index contributed by atoms with van der Waals surface area (Å²) in [6.45, 7) is 2.88. The minimum absolute atomic E-state index is 0.0926. The molecule has 0 radical (unpaired) electrons. The van der Waals surface area contributed by atoms with Crippen molar-refractivity contribution in [1.29, 1.82) is 0 Å². The van der Waals surface area contributed by atoms with Crippen LogP contribution in [-0.2, 0) is 19.6 Å². The van der Waals surface area contributed by atoms with Gasteiger partial charge in [0.25, 0.3) is 0 Å². The lowest BCUT2D eigenvalue weighted by molar-refractivity contribution is -0.132. The summed E-state index contributed by atoms with van der Waals surface area (Å²) in [4.78, 5) is 25.1. The number of ether oxygens (including phenoxy) is 1. The number of rotatable bonds is 7. The van der Waals surface area contributed by atoms with Gasteiger partial charge in [0.05, 0.1) is 7.11 Å². The van der Waals surface area contributed by atoms with Crippen molar-refractivity contribution in [3.63, 3.8) is 0 Å². The molecular formula is C17H26N4O5S. The van der Waals surface area contributed by atoms with Gasteiger partial charge in [0, 0.05) is 39.0 Å². The van der Waals surface area contributed by atoms with Crippen molar-refractivity contribution in [2.75, 3.05) is 33.3 Å². The number of sulfonamides is 1. The molecule has 0 aromatic heterocycles. The first-order chi connectivity index (χ1) is 12.8. The van der Waals surface area contributed by atoms with E-state index in [1.165, 1.54) is 11.4 Å². The van der Waals surface area contributed by atoms with Gasteiger partial charge >= 0.3 is 0 Å². The molecule has 2 amide bonds. The van der Waals surface area contributed by atoms with Crippen LogP contribution in [0.25, 0.3) is 0 Å². The molecule has 1 aliphatic rings. The Morgan fingerprint density at radius 1 is 1.19 bits per heavy atom. The molecule has 1 aromatic carbocycles. The Bertz CT molecular complexity index is 789. The average Bonchev–Trinajstić information content (AvgIpc) is 2.67. The van der Waals surface area contributed by atoms with Crippen LogP contribution < -0.4 is 16.0 Å². The van der Waals surface area contributed by atoms with Crippen LogP contribution >= 0.6 is 0 Å². The Morgan fingerprint density at radius 3 is 2.44 bits per heavy atom. The van der Waals surface area contributed by atoms with Crippen LogP contribution in [-0.4, -0.2) is 62.7 Å². The van der Waals surface area contributed by atoms with Crippen molar-refractivity contribution >= 4 is 21.8 Å². The highest BCUT2D eigenvalue weighted by atomic mass is 32.2. The van der Waals surface area contributed by atoms with Crippen molar-refractivity contribution in [1.82, 2.24) is 14.6 Å². The largest absolute Gasteiger partial charge is 0.495 e. The zero-order chi connectivity index (χ0) is 20.0. The topological polar surface area (TPSA) is 122 Å². The number of benzene rings is 1. The maximum absolute atomic E-state index is 13.0. The number of piperazine rings is 1. The fourth-order valence-electron chi connectivity index (χ4n) is 2.93. The number of nitrogens with one attached hydrogen (secondary N) is 1. The minimum atomic E-state index is -3.70. The molecule has 10 heteroatoms. The number of methoxy groups -OCH3 is 1. The van der Waals surface area contributed by atoms with Gasteiger partial charge < -0.3 is 9.64 Å². The second-order valence-corrected chi connectivity index (χ2v) is 8.27. The summed E-state index contributed by atoms with van der Waals surface area (Å²) in [6.07, 6.45) is 0.816. The van der Waals surface area contributed by atoms with Crippen LogP contribution in [0, 0.1) is 6.92 Å². The van der Waals surface area contributed by atoms with Gasteiger partial charge in [-0.25, -0.2) is 14.3 Å². The van der Waals surface area contributed by atoms with Gasteiger partial charge in [-0.1, -0.05) is 6.07 Å². The lowest BCUT2D eigenvalue weighted by Gasteiger charge is -2.34. The Kier molecular flexibility index (Phi) is 7.17. The highest BCUT2D eigenvalue weighted by Crippen LogP contribution is 2.28. The zero-order valence-electron chi connectivity index (χ0n) is 15.6. The molecule has 0 atom stereocenters. The molecule has 0 saturated carbocycles. The summed E-state index contributed by atoms with van der Waals surface area (Å²) in [7, 11) is -2.27. The average molecular weight is 398 g/mol. The molecule has 9 nitrogen and oxygen atoms in total. The highest BCUT2D eigenvalue weighted by Gasteiger charge is 2.32. The zero-order valence-corrected chi connectivity index (χ0v) is 16.4. The van der Waals surface area contributed by atoms with E-state index in [-0.39, 0.29) is 42.6 Å². The van der Waals surface area contributed by atoms with Gasteiger partial charge in [-0.3, -0.25) is 15.0 Å². The number of hydrogen-bond acceptors (Lipinski definition) is 6. The molecule has 2 rings (SSSR count). The summed E-state index contributed by atoms with van der Waals surface area (Å²) in [5.41, 5.74) is 2.85. The molecule has 1 aliphatic heterocycles. The normalized spacial score (nSPS) is 15.4.